The Balaban J connectivity index is 1.63. The summed E-state index contributed by atoms with van der Waals surface area (Å²) < 4.78 is 5.27. The number of aromatic nitrogens is 1. The molecule has 4 aliphatic rings. The predicted octanol–water partition coefficient (Wildman–Crippen LogP) is 1.81. The number of hydrazone groups is 1. The molecule has 2 N–H and O–H groups in total. The van der Waals surface area contributed by atoms with Crippen molar-refractivity contribution in [3.8, 4) is 0 Å². The van der Waals surface area contributed by atoms with Gasteiger partial charge in [0.05, 0.1) is 16.9 Å². The van der Waals surface area contributed by atoms with E-state index in [1.165, 1.54) is 0 Å². The fraction of sp³-hybridized carbons (Fsp3) is 0.250. The van der Waals surface area contributed by atoms with Crippen LogP contribution < -0.4 is 5.43 Å². The summed E-state index contributed by atoms with van der Waals surface area (Å²) in [6, 6.07) is 10.1. The van der Waals surface area contributed by atoms with E-state index >= 15 is 0 Å². The van der Waals surface area contributed by atoms with Gasteiger partial charge in [0.1, 0.15) is 12.8 Å². The molecule has 0 amide bonds. The second kappa shape index (κ2) is 4.75. The SMILES string of the molecule is CC[C@@]1(O)C(=O)OCC2=C1C=C1c3nc4ccccc4cc3C3NN=C2N13. The number of hydrogen-bond acceptors (Lipinski definition) is 7. The molecule has 1 unspecified atom stereocenters. The third-order valence-corrected chi connectivity index (χ3v) is 5.85. The fourth-order valence-electron chi connectivity index (χ4n) is 4.39. The molecular formula is C20H16N4O3. The van der Waals surface area contributed by atoms with Gasteiger partial charge in [-0.1, -0.05) is 25.1 Å². The number of carbonyl (C=O) groups excluding carboxylic acids is 1. The van der Waals surface area contributed by atoms with Gasteiger partial charge in [0.2, 0.25) is 0 Å². The Morgan fingerprint density at radius 2 is 2.26 bits per heavy atom. The van der Waals surface area contributed by atoms with E-state index in [2.05, 4.69) is 21.5 Å². The van der Waals surface area contributed by atoms with Gasteiger partial charge in [0.15, 0.2) is 11.4 Å². The number of amidine groups is 1. The van der Waals surface area contributed by atoms with Gasteiger partial charge in [-0.25, -0.2) is 9.78 Å². The minimum atomic E-state index is -1.66. The van der Waals surface area contributed by atoms with Crippen LogP contribution in [0, 0.1) is 0 Å². The molecule has 0 saturated heterocycles. The molecule has 1 aromatic heterocycles. The minimum absolute atomic E-state index is 0.107. The molecule has 27 heavy (non-hydrogen) atoms. The fourth-order valence-corrected chi connectivity index (χ4v) is 4.39. The zero-order valence-corrected chi connectivity index (χ0v) is 14.6. The molecule has 134 valence electrons. The maximum Gasteiger partial charge on any atom is 0.343 e. The monoisotopic (exact) mass is 360 g/mol. The van der Waals surface area contributed by atoms with E-state index in [1.807, 2.05) is 30.3 Å². The normalized spacial score (nSPS) is 27.6. The second-order valence-electron chi connectivity index (χ2n) is 7.17. The van der Waals surface area contributed by atoms with Gasteiger partial charge in [0.25, 0.3) is 0 Å². The topological polar surface area (TPSA) is 87.0 Å². The third kappa shape index (κ3) is 1.67. The number of rotatable bonds is 1. The summed E-state index contributed by atoms with van der Waals surface area (Å²) in [5.41, 5.74) is 6.47. The summed E-state index contributed by atoms with van der Waals surface area (Å²) in [5.74, 6) is 0.0794. The second-order valence-corrected chi connectivity index (χ2v) is 7.17. The van der Waals surface area contributed by atoms with Crippen molar-refractivity contribution in [3.05, 3.63) is 58.8 Å². The Hall–Kier alpha value is -3.19. The maximum atomic E-state index is 12.3. The van der Waals surface area contributed by atoms with E-state index in [0.29, 0.717) is 11.4 Å². The molecule has 7 nitrogen and oxygen atoms in total. The smallest absolute Gasteiger partial charge is 0.343 e. The number of para-hydroxylation sites is 1. The first-order valence-corrected chi connectivity index (χ1v) is 8.99. The summed E-state index contributed by atoms with van der Waals surface area (Å²) in [6.07, 6.45) is 1.97. The average Bonchev–Trinajstić information content (AvgIpc) is 3.26. The van der Waals surface area contributed by atoms with Gasteiger partial charge in [-0.05, 0) is 24.6 Å². The molecule has 0 radical (unpaired) electrons. The summed E-state index contributed by atoms with van der Waals surface area (Å²) in [5, 5.41) is 16.6. The highest BCUT2D eigenvalue weighted by atomic mass is 16.6. The van der Waals surface area contributed by atoms with Crippen LogP contribution in [0.5, 0.6) is 0 Å². The lowest BCUT2D eigenvalue weighted by atomic mass is 9.82. The van der Waals surface area contributed by atoms with E-state index < -0.39 is 11.6 Å². The molecule has 1 aromatic carbocycles. The number of pyridine rings is 1. The molecule has 0 spiro atoms. The number of fused-ring (bicyclic) bond motifs is 5. The summed E-state index contributed by atoms with van der Waals surface area (Å²) in [7, 11) is 0. The lowest BCUT2D eigenvalue weighted by molar-refractivity contribution is -0.162. The van der Waals surface area contributed by atoms with Crippen LogP contribution in [0.25, 0.3) is 16.6 Å². The number of hydrogen-bond donors (Lipinski definition) is 2. The Morgan fingerprint density at radius 3 is 3.11 bits per heavy atom. The Kier molecular flexibility index (Phi) is 2.62. The molecule has 0 fully saturated rings. The summed E-state index contributed by atoms with van der Waals surface area (Å²) in [6.45, 7) is 1.88. The highest BCUT2D eigenvalue weighted by Gasteiger charge is 2.52. The van der Waals surface area contributed by atoms with Gasteiger partial charge >= 0.3 is 5.97 Å². The van der Waals surface area contributed by atoms with Crippen molar-refractivity contribution < 1.29 is 14.6 Å². The largest absolute Gasteiger partial charge is 0.458 e. The molecule has 0 aliphatic carbocycles. The van der Waals surface area contributed by atoms with Crippen LogP contribution in [0.4, 0.5) is 0 Å². The van der Waals surface area contributed by atoms with Gasteiger partial charge < -0.3 is 9.84 Å². The van der Waals surface area contributed by atoms with E-state index in [0.717, 1.165) is 33.4 Å². The number of esters is 1. The Labute approximate surface area is 154 Å². The van der Waals surface area contributed by atoms with Crippen molar-refractivity contribution in [1.29, 1.82) is 0 Å². The van der Waals surface area contributed by atoms with Crippen molar-refractivity contribution in [1.82, 2.24) is 15.3 Å². The molecule has 2 aromatic rings. The molecule has 0 bridgehead atoms. The molecule has 5 heterocycles. The van der Waals surface area contributed by atoms with Crippen molar-refractivity contribution >= 4 is 28.4 Å². The van der Waals surface area contributed by atoms with Gasteiger partial charge in [0, 0.05) is 22.1 Å². The summed E-state index contributed by atoms with van der Waals surface area (Å²) in [4.78, 5) is 19.2. The predicted molar refractivity (Wildman–Crippen MR) is 98.1 cm³/mol. The Bertz CT molecular complexity index is 1150. The van der Waals surface area contributed by atoms with Crippen molar-refractivity contribution in [2.45, 2.75) is 25.1 Å². The first kappa shape index (κ1) is 14.9. The van der Waals surface area contributed by atoms with Crippen LogP contribution in [0.3, 0.4) is 0 Å². The molecule has 4 aliphatic heterocycles. The van der Waals surface area contributed by atoms with E-state index in [1.54, 1.807) is 6.92 Å². The lowest BCUT2D eigenvalue weighted by Crippen LogP contribution is -2.49. The van der Waals surface area contributed by atoms with Crippen molar-refractivity contribution in [2.24, 2.45) is 5.10 Å². The number of carbonyl (C=O) groups is 1. The number of benzene rings is 1. The number of cyclic esters (lactones) is 1. The Morgan fingerprint density at radius 1 is 1.41 bits per heavy atom. The number of ether oxygens (including phenoxy) is 1. The van der Waals surface area contributed by atoms with Crippen LogP contribution in [-0.2, 0) is 9.53 Å². The van der Waals surface area contributed by atoms with Gasteiger partial charge in [-0.15, -0.1) is 0 Å². The van der Waals surface area contributed by atoms with Gasteiger partial charge in [-0.3, -0.25) is 10.3 Å². The quantitative estimate of drug-likeness (QED) is 0.755. The number of nitrogens with one attached hydrogen (secondary N) is 1. The lowest BCUT2D eigenvalue weighted by Gasteiger charge is -2.37. The van der Waals surface area contributed by atoms with Crippen LogP contribution in [-0.4, -0.2) is 39.0 Å². The first-order chi connectivity index (χ1) is 13.1. The van der Waals surface area contributed by atoms with E-state index in [4.69, 9.17) is 9.72 Å². The molecule has 7 heteroatoms. The molecular weight excluding hydrogens is 344 g/mol. The number of nitrogens with zero attached hydrogens (tertiary/aromatic N) is 3. The van der Waals surface area contributed by atoms with Crippen LogP contribution >= 0.6 is 0 Å². The van der Waals surface area contributed by atoms with E-state index in [-0.39, 0.29) is 19.2 Å². The van der Waals surface area contributed by atoms with Crippen LogP contribution in [0.2, 0.25) is 0 Å². The standard InChI is InChI=1S/C20H16N4O3/c1-2-20(26)13-8-15-16-11(7-10-5-3-4-6-14(10)21-16)17-22-23-18(24(15)17)12(13)9-27-19(20)25/h3-8,17,22,26H,2,9H2,1H3/t17?,20-/m0/s1. The summed E-state index contributed by atoms with van der Waals surface area (Å²) >= 11 is 0. The highest BCUT2D eigenvalue weighted by Crippen LogP contribution is 2.49. The molecule has 6 rings (SSSR count). The zero-order valence-electron chi connectivity index (χ0n) is 14.6. The molecule has 2 atom stereocenters. The minimum Gasteiger partial charge on any atom is -0.458 e. The van der Waals surface area contributed by atoms with Gasteiger partial charge in [-0.2, -0.15) is 5.10 Å². The van der Waals surface area contributed by atoms with Crippen LogP contribution in [0.15, 0.2) is 52.7 Å². The third-order valence-electron chi connectivity index (χ3n) is 5.85. The van der Waals surface area contributed by atoms with Crippen LogP contribution in [0.1, 0.15) is 30.8 Å². The highest BCUT2D eigenvalue weighted by molar-refractivity contribution is 6.11. The maximum absolute atomic E-state index is 12.3. The molecule has 0 saturated carbocycles. The van der Waals surface area contributed by atoms with Crippen molar-refractivity contribution in [2.75, 3.05) is 6.61 Å². The van der Waals surface area contributed by atoms with Crippen molar-refractivity contribution in [3.63, 3.8) is 0 Å². The van der Waals surface area contributed by atoms with E-state index in [9.17, 15) is 9.90 Å². The number of aliphatic hydroxyl groups is 1. The zero-order chi connectivity index (χ0) is 18.3. The average molecular weight is 360 g/mol. The first-order valence-electron chi connectivity index (χ1n) is 8.99.